The van der Waals surface area contributed by atoms with Crippen LogP contribution in [0.3, 0.4) is 0 Å². The van der Waals surface area contributed by atoms with Crippen LogP contribution in [0, 0.1) is 12.8 Å². The topological polar surface area (TPSA) is 50.3 Å². The summed E-state index contributed by atoms with van der Waals surface area (Å²) in [6.07, 6.45) is 5.25. The van der Waals surface area contributed by atoms with Gasteiger partial charge in [0, 0.05) is 13.1 Å². The molecule has 1 fully saturated rings. The molecule has 0 bridgehead atoms. The number of ether oxygens (including phenoxy) is 1. The molecule has 1 aliphatic heterocycles. The highest BCUT2D eigenvalue weighted by Gasteiger charge is 2.22. The fourth-order valence-electron chi connectivity index (χ4n) is 2.78. The van der Waals surface area contributed by atoms with Crippen molar-refractivity contribution in [3.63, 3.8) is 0 Å². The van der Waals surface area contributed by atoms with Crippen LogP contribution < -0.4 is 15.0 Å². The molecule has 2 heterocycles. The first-order chi connectivity index (χ1) is 9.76. The maximum Gasteiger partial charge on any atom is 0.221 e. The molecule has 1 saturated heterocycles. The van der Waals surface area contributed by atoms with E-state index < -0.39 is 0 Å². The summed E-state index contributed by atoms with van der Waals surface area (Å²) in [5.41, 5.74) is 1.04. The van der Waals surface area contributed by atoms with Crippen molar-refractivity contribution in [2.45, 2.75) is 33.1 Å². The molecule has 0 spiro atoms. The van der Waals surface area contributed by atoms with Gasteiger partial charge in [-0.15, -0.1) is 0 Å². The average molecular weight is 278 g/mol. The van der Waals surface area contributed by atoms with Crippen LogP contribution in [0.25, 0.3) is 0 Å². The van der Waals surface area contributed by atoms with Crippen LogP contribution in [-0.2, 0) is 0 Å². The molecule has 0 radical (unpaired) electrons. The Morgan fingerprint density at radius 2 is 2.10 bits per heavy atom. The van der Waals surface area contributed by atoms with Crippen molar-refractivity contribution < 1.29 is 4.74 Å². The molecule has 0 amide bonds. The molecule has 1 aliphatic rings. The van der Waals surface area contributed by atoms with Gasteiger partial charge in [-0.1, -0.05) is 6.92 Å². The van der Waals surface area contributed by atoms with Crippen molar-refractivity contribution in [3.05, 3.63) is 11.9 Å². The van der Waals surface area contributed by atoms with Gasteiger partial charge in [0.05, 0.1) is 12.7 Å². The predicted octanol–water partition coefficient (Wildman–Crippen LogP) is 2.01. The van der Waals surface area contributed by atoms with E-state index in [1.165, 1.54) is 19.3 Å². The summed E-state index contributed by atoms with van der Waals surface area (Å²) >= 11 is 0. The number of hydrogen-bond donors (Lipinski definition) is 1. The molecule has 112 valence electrons. The lowest BCUT2D eigenvalue weighted by Gasteiger charge is -2.33. The Morgan fingerprint density at radius 1 is 1.35 bits per heavy atom. The fourth-order valence-corrected chi connectivity index (χ4v) is 2.78. The van der Waals surface area contributed by atoms with E-state index in [9.17, 15) is 0 Å². The predicted molar refractivity (Wildman–Crippen MR) is 81.4 cm³/mol. The van der Waals surface area contributed by atoms with Gasteiger partial charge in [0.15, 0.2) is 0 Å². The van der Waals surface area contributed by atoms with E-state index in [0.29, 0.717) is 5.88 Å². The SMILES string of the molecule is CCCNCC1CCN(c2ncnc(OC)c2C)CC1. The van der Waals surface area contributed by atoms with Crippen LogP contribution in [0.5, 0.6) is 5.88 Å². The Morgan fingerprint density at radius 3 is 2.75 bits per heavy atom. The number of nitrogens with one attached hydrogen (secondary N) is 1. The van der Waals surface area contributed by atoms with E-state index in [0.717, 1.165) is 43.5 Å². The van der Waals surface area contributed by atoms with Gasteiger partial charge in [-0.2, -0.15) is 0 Å². The number of nitrogens with zero attached hydrogens (tertiary/aromatic N) is 3. The Hall–Kier alpha value is -1.36. The Kier molecular flexibility index (Phi) is 5.59. The van der Waals surface area contributed by atoms with Crippen LogP contribution in [0.2, 0.25) is 0 Å². The van der Waals surface area contributed by atoms with E-state index in [1.54, 1.807) is 13.4 Å². The lowest BCUT2D eigenvalue weighted by Crippen LogP contribution is -2.38. The summed E-state index contributed by atoms with van der Waals surface area (Å²) in [5.74, 6) is 2.50. The smallest absolute Gasteiger partial charge is 0.221 e. The standard InChI is InChI=1S/C15H26N4O/c1-4-7-16-10-13-5-8-19(9-6-13)14-12(2)15(20-3)18-11-17-14/h11,13,16H,4-10H2,1-3H3. The highest BCUT2D eigenvalue weighted by Crippen LogP contribution is 2.27. The first-order valence-electron chi connectivity index (χ1n) is 7.57. The first kappa shape index (κ1) is 15.0. The molecule has 1 N–H and O–H groups in total. The maximum atomic E-state index is 5.28. The summed E-state index contributed by atoms with van der Waals surface area (Å²) in [4.78, 5) is 10.9. The zero-order valence-electron chi connectivity index (χ0n) is 12.9. The Balaban J connectivity index is 1.90. The molecule has 0 atom stereocenters. The number of methoxy groups -OCH3 is 1. The molecule has 1 aromatic heterocycles. The third kappa shape index (κ3) is 3.60. The normalized spacial score (nSPS) is 16.4. The summed E-state index contributed by atoms with van der Waals surface area (Å²) < 4.78 is 5.28. The van der Waals surface area contributed by atoms with E-state index in [-0.39, 0.29) is 0 Å². The minimum absolute atomic E-state index is 0.682. The summed E-state index contributed by atoms with van der Waals surface area (Å²) in [6, 6.07) is 0. The van der Waals surface area contributed by atoms with Crippen LogP contribution in [-0.4, -0.2) is 43.3 Å². The molecule has 1 aromatic rings. The molecular weight excluding hydrogens is 252 g/mol. The number of rotatable bonds is 6. The summed E-state index contributed by atoms with van der Waals surface area (Å²) in [5, 5.41) is 3.52. The Labute approximate surface area is 121 Å². The lowest BCUT2D eigenvalue weighted by atomic mass is 9.96. The average Bonchev–Trinajstić information content (AvgIpc) is 2.49. The molecule has 5 heteroatoms. The molecular formula is C15H26N4O. The van der Waals surface area contributed by atoms with Crippen molar-refractivity contribution in [1.29, 1.82) is 0 Å². The first-order valence-corrected chi connectivity index (χ1v) is 7.57. The highest BCUT2D eigenvalue weighted by atomic mass is 16.5. The number of anilines is 1. The monoisotopic (exact) mass is 278 g/mol. The largest absolute Gasteiger partial charge is 0.481 e. The van der Waals surface area contributed by atoms with E-state index >= 15 is 0 Å². The third-order valence-electron chi connectivity index (χ3n) is 3.98. The quantitative estimate of drug-likeness (QED) is 0.807. The number of piperidine rings is 1. The van der Waals surface area contributed by atoms with Crippen LogP contribution in [0.4, 0.5) is 5.82 Å². The number of aromatic nitrogens is 2. The van der Waals surface area contributed by atoms with Crippen molar-refractivity contribution >= 4 is 5.82 Å². The highest BCUT2D eigenvalue weighted by molar-refractivity contribution is 5.50. The van der Waals surface area contributed by atoms with Gasteiger partial charge in [0.1, 0.15) is 12.1 Å². The third-order valence-corrected chi connectivity index (χ3v) is 3.98. The molecule has 20 heavy (non-hydrogen) atoms. The molecule has 0 aromatic carbocycles. The van der Waals surface area contributed by atoms with E-state index in [1.807, 2.05) is 6.92 Å². The van der Waals surface area contributed by atoms with Gasteiger partial charge in [-0.05, 0) is 45.2 Å². The van der Waals surface area contributed by atoms with Crippen LogP contribution in [0.1, 0.15) is 31.7 Å². The molecule has 5 nitrogen and oxygen atoms in total. The second-order valence-electron chi connectivity index (χ2n) is 5.47. The zero-order chi connectivity index (χ0) is 14.4. The van der Waals surface area contributed by atoms with Crippen molar-refractivity contribution in [1.82, 2.24) is 15.3 Å². The van der Waals surface area contributed by atoms with Gasteiger partial charge in [0.2, 0.25) is 5.88 Å². The van der Waals surface area contributed by atoms with E-state index in [4.69, 9.17) is 4.74 Å². The number of hydrogen-bond acceptors (Lipinski definition) is 5. The molecule has 0 unspecified atom stereocenters. The van der Waals surface area contributed by atoms with Gasteiger partial charge < -0.3 is 15.0 Å². The second kappa shape index (κ2) is 7.43. The van der Waals surface area contributed by atoms with Crippen molar-refractivity contribution in [2.75, 3.05) is 38.2 Å². The van der Waals surface area contributed by atoms with Crippen molar-refractivity contribution in [2.24, 2.45) is 5.92 Å². The summed E-state index contributed by atoms with van der Waals surface area (Å²) in [6.45, 7) is 8.65. The molecule has 0 saturated carbocycles. The minimum Gasteiger partial charge on any atom is -0.481 e. The fraction of sp³-hybridized carbons (Fsp3) is 0.733. The Bertz CT molecular complexity index is 416. The second-order valence-corrected chi connectivity index (χ2v) is 5.47. The van der Waals surface area contributed by atoms with Crippen molar-refractivity contribution in [3.8, 4) is 5.88 Å². The van der Waals surface area contributed by atoms with Gasteiger partial charge >= 0.3 is 0 Å². The van der Waals surface area contributed by atoms with Gasteiger partial charge in [0.25, 0.3) is 0 Å². The van der Waals surface area contributed by atoms with Crippen LogP contribution >= 0.6 is 0 Å². The maximum absolute atomic E-state index is 5.28. The summed E-state index contributed by atoms with van der Waals surface area (Å²) in [7, 11) is 1.66. The van der Waals surface area contributed by atoms with Crippen LogP contribution in [0.15, 0.2) is 6.33 Å². The van der Waals surface area contributed by atoms with E-state index in [2.05, 4.69) is 27.1 Å². The van der Waals surface area contributed by atoms with Gasteiger partial charge in [-0.3, -0.25) is 0 Å². The molecule has 0 aliphatic carbocycles. The minimum atomic E-state index is 0.682. The van der Waals surface area contributed by atoms with Gasteiger partial charge in [-0.25, -0.2) is 9.97 Å². The zero-order valence-corrected chi connectivity index (χ0v) is 12.9. The molecule has 2 rings (SSSR count). The lowest BCUT2D eigenvalue weighted by molar-refractivity contribution is 0.378.